The highest BCUT2D eigenvalue weighted by Crippen LogP contribution is 2.11. The van der Waals surface area contributed by atoms with Crippen molar-refractivity contribution >= 4 is 5.97 Å². The third-order valence-electron chi connectivity index (χ3n) is 3.28. The van der Waals surface area contributed by atoms with Gasteiger partial charge in [0.15, 0.2) is 0 Å². The van der Waals surface area contributed by atoms with Crippen LogP contribution in [0.25, 0.3) is 0 Å². The van der Waals surface area contributed by atoms with E-state index in [-0.39, 0.29) is 12.1 Å². The summed E-state index contributed by atoms with van der Waals surface area (Å²) in [6.07, 6.45) is 2.48. The van der Waals surface area contributed by atoms with Crippen molar-refractivity contribution in [2.75, 3.05) is 19.6 Å². The number of carbonyl (C=O) groups excluding carboxylic acids is 1. The standard InChI is InChI=1S/C15H21NO2/c1-12-6-5-7-14(10-12)15(17)18-13(2)11-16-8-3-4-9-16/h5-7,10,13H,3-4,8-9,11H2,1-2H3/t13-/m0/s1. The number of esters is 1. The van der Waals surface area contributed by atoms with Crippen molar-refractivity contribution in [3.8, 4) is 0 Å². The van der Waals surface area contributed by atoms with Gasteiger partial charge in [0.05, 0.1) is 5.56 Å². The fraction of sp³-hybridized carbons (Fsp3) is 0.533. The summed E-state index contributed by atoms with van der Waals surface area (Å²) >= 11 is 0. The third-order valence-corrected chi connectivity index (χ3v) is 3.28. The van der Waals surface area contributed by atoms with Gasteiger partial charge in [-0.2, -0.15) is 0 Å². The Balaban J connectivity index is 1.86. The van der Waals surface area contributed by atoms with E-state index in [1.165, 1.54) is 12.8 Å². The Bertz CT molecular complexity index is 411. The van der Waals surface area contributed by atoms with Gasteiger partial charge in [-0.15, -0.1) is 0 Å². The van der Waals surface area contributed by atoms with Crippen LogP contribution in [0.2, 0.25) is 0 Å². The first-order valence-electron chi connectivity index (χ1n) is 6.65. The number of carbonyl (C=O) groups is 1. The van der Waals surface area contributed by atoms with E-state index in [0.29, 0.717) is 5.56 Å². The molecule has 0 N–H and O–H groups in total. The lowest BCUT2D eigenvalue weighted by Gasteiger charge is -2.20. The maximum atomic E-state index is 11.9. The third kappa shape index (κ3) is 3.57. The topological polar surface area (TPSA) is 29.5 Å². The summed E-state index contributed by atoms with van der Waals surface area (Å²) in [7, 11) is 0. The van der Waals surface area contributed by atoms with Crippen LogP contribution in [0.1, 0.15) is 35.7 Å². The minimum Gasteiger partial charge on any atom is -0.458 e. The van der Waals surface area contributed by atoms with E-state index in [1.807, 2.05) is 32.0 Å². The highest BCUT2D eigenvalue weighted by Gasteiger charge is 2.17. The maximum absolute atomic E-state index is 11.9. The molecule has 1 aliphatic heterocycles. The SMILES string of the molecule is Cc1cccc(C(=O)O[C@@H](C)CN2CCCC2)c1. The maximum Gasteiger partial charge on any atom is 0.338 e. The molecule has 1 aromatic carbocycles. The molecular formula is C15H21NO2. The highest BCUT2D eigenvalue weighted by atomic mass is 16.5. The van der Waals surface area contributed by atoms with Crippen molar-refractivity contribution < 1.29 is 9.53 Å². The normalized spacial score (nSPS) is 17.7. The van der Waals surface area contributed by atoms with Crippen molar-refractivity contribution in [1.29, 1.82) is 0 Å². The largest absolute Gasteiger partial charge is 0.458 e. The molecule has 1 saturated heterocycles. The first-order valence-corrected chi connectivity index (χ1v) is 6.65. The minimum atomic E-state index is -0.217. The molecule has 0 aromatic heterocycles. The fourth-order valence-corrected chi connectivity index (χ4v) is 2.39. The van der Waals surface area contributed by atoms with Crippen LogP contribution in [0.4, 0.5) is 0 Å². The van der Waals surface area contributed by atoms with Gasteiger partial charge >= 0.3 is 5.97 Å². The molecule has 0 bridgehead atoms. The average molecular weight is 247 g/mol. The Kier molecular flexibility index (Phi) is 4.37. The van der Waals surface area contributed by atoms with Crippen LogP contribution in [0.5, 0.6) is 0 Å². The van der Waals surface area contributed by atoms with Gasteiger partial charge < -0.3 is 4.74 Å². The summed E-state index contributed by atoms with van der Waals surface area (Å²) in [5.41, 5.74) is 1.72. The van der Waals surface area contributed by atoms with E-state index in [4.69, 9.17) is 4.74 Å². The number of rotatable bonds is 4. The summed E-state index contributed by atoms with van der Waals surface area (Å²) in [4.78, 5) is 14.3. The number of hydrogen-bond acceptors (Lipinski definition) is 3. The van der Waals surface area contributed by atoms with E-state index >= 15 is 0 Å². The molecular weight excluding hydrogens is 226 g/mol. The van der Waals surface area contributed by atoms with Crippen molar-refractivity contribution in [1.82, 2.24) is 4.90 Å². The Morgan fingerprint density at radius 1 is 1.39 bits per heavy atom. The average Bonchev–Trinajstić information content (AvgIpc) is 2.81. The number of benzene rings is 1. The van der Waals surface area contributed by atoms with Gasteiger partial charge in [-0.05, 0) is 51.9 Å². The van der Waals surface area contributed by atoms with Crippen LogP contribution in [0.15, 0.2) is 24.3 Å². The Labute approximate surface area is 109 Å². The number of ether oxygens (including phenoxy) is 1. The molecule has 2 rings (SSSR count). The Morgan fingerprint density at radius 2 is 2.11 bits per heavy atom. The van der Waals surface area contributed by atoms with Crippen molar-refractivity contribution in [2.45, 2.75) is 32.8 Å². The number of hydrogen-bond donors (Lipinski definition) is 0. The number of likely N-dealkylation sites (tertiary alicyclic amines) is 1. The number of nitrogens with zero attached hydrogens (tertiary/aromatic N) is 1. The lowest BCUT2D eigenvalue weighted by Crippen LogP contribution is -2.31. The summed E-state index contributed by atoms with van der Waals surface area (Å²) in [5.74, 6) is -0.217. The van der Waals surface area contributed by atoms with Gasteiger partial charge in [-0.3, -0.25) is 4.90 Å². The predicted molar refractivity (Wildman–Crippen MR) is 71.7 cm³/mol. The van der Waals surface area contributed by atoms with Gasteiger partial charge in [0.2, 0.25) is 0 Å². The molecule has 0 spiro atoms. The van der Waals surface area contributed by atoms with Crippen LogP contribution < -0.4 is 0 Å². The molecule has 1 aromatic rings. The molecule has 3 heteroatoms. The zero-order chi connectivity index (χ0) is 13.0. The summed E-state index contributed by atoms with van der Waals surface area (Å²) < 4.78 is 5.47. The van der Waals surface area contributed by atoms with Crippen molar-refractivity contribution in [3.05, 3.63) is 35.4 Å². The zero-order valence-corrected chi connectivity index (χ0v) is 11.2. The molecule has 0 amide bonds. The van der Waals surface area contributed by atoms with Crippen LogP contribution >= 0.6 is 0 Å². The molecule has 1 fully saturated rings. The molecule has 0 unspecified atom stereocenters. The lowest BCUT2D eigenvalue weighted by molar-refractivity contribution is 0.0271. The highest BCUT2D eigenvalue weighted by molar-refractivity contribution is 5.89. The van der Waals surface area contributed by atoms with Gasteiger partial charge in [-0.25, -0.2) is 4.79 Å². The second-order valence-corrected chi connectivity index (χ2v) is 5.09. The zero-order valence-electron chi connectivity index (χ0n) is 11.2. The molecule has 0 aliphatic carbocycles. The van der Waals surface area contributed by atoms with E-state index in [0.717, 1.165) is 25.2 Å². The summed E-state index contributed by atoms with van der Waals surface area (Å²) in [6.45, 7) is 7.05. The van der Waals surface area contributed by atoms with Crippen LogP contribution in [-0.4, -0.2) is 36.6 Å². The van der Waals surface area contributed by atoms with Crippen LogP contribution in [0.3, 0.4) is 0 Å². The fourth-order valence-electron chi connectivity index (χ4n) is 2.39. The smallest absolute Gasteiger partial charge is 0.338 e. The molecule has 1 atom stereocenters. The van der Waals surface area contributed by atoms with Crippen LogP contribution in [-0.2, 0) is 4.74 Å². The minimum absolute atomic E-state index is 0.0453. The molecule has 1 aliphatic rings. The summed E-state index contributed by atoms with van der Waals surface area (Å²) in [5, 5.41) is 0. The molecule has 0 radical (unpaired) electrons. The summed E-state index contributed by atoms with van der Waals surface area (Å²) in [6, 6.07) is 7.53. The van der Waals surface area contributed by atoms with E-state index < -0.39 is 0 Å². The molecule has 3 nitrogen and oxygen atoms in total. The van der Waals surface area contributed by atoms with Crippen molar-refractivity contribution in [2.24, 2.45) is 0 Å². The molecule has 0 saturated carbocycles. The molecule has 18 heavy (non-hydrogen) atoms. The number of aryl methyl sites for hydroxylation is 1. The van der Waals surface area contributed by atoms with Crippen LogP contribution in [0, 0.1) is 6.92 Å². The second-order valence-electron chi connectivity index (χ2n) is 5.09. The van der Waals surface area contributed by atoms with Gasteiger partial charge in [0.25, 0.3) is 0 Å². The Hall–Kier alpha value is -1.35. The van der Waals surface area contributed by atoms with E-state index in [2.05, 4.69) is 4.90 Å². The molecule has 98 valence electrons. The van der Waals surface area contributed by atoms with Gasteiger partial charge in [-0.1, -0.05) is 17.7 Å². The van der Waals surface area contributed by atoms with Gasteiger partial charge in [0.1, 0.15) is 6.10 Å². The predicted octanol–water partition coefficient (Wildman–Crippen LogP) is 2.64. The van der Waals surface area contributed by atoms with E-state index in [9.17, 15) is 4.79 Å². The first kappa shape index (κ1) is 13.1. The second kappa shape index (κ2) is 6.01. The van der Waals surface area contributed by atoms with Crippen molar-refractivity contribution in [3.63, 3.8) is 0 Å². The lowest BCUT2D eigenvalue weighted by atomic mass is 10.1. The first-order chi connectivity index (χ1) is 8.65. The van der Waals surface area contributed by atoms with E-state index in [1.54, 1.807) is 6.07 Å². The van der Waals surface area contributed by atoms with Gasteiger partial charge in [0, 0.05) is 6.54 Å². The Morgan fingerprint density at radius 3 is 2.78 bits per heavy atom. The monoisotopic (exact) mass is 247 g/mol. The quantitative estimate of drug-likeness (QED) is 0.766. The molecule has 1 heterocycles.